The van der Waals surface area contributed by atoms with Gasteiger partial charge >= 0.3 is 5.69 Å². The van der Waals surface area contributed by atoms with Crippen molar-refractivity contribution in [2.45, 2.75) is 6.92 Å². The Kier molecular flexibility index (Phi) is 4.74. The van der Waals surface area contributed by atoms with Gasteiger partial charge in [0.25, 0.3) is 17.2 Å². The van der Waals surface area contributed by atoms with Gasteiger partial charge in [-0.3, -0.25) is 19.7 Å². The van der Waals surface area contributed by atoms with Gasteiger partial charge in [-0.2, -0.15) is 0 Å². The number of para-hydroxylation sites is 1. The van der Waals surface area contributed by atoms with Crippen molar-refractivity contribution in [3.05, 3.63) is 96.8 Å². The highest BCUT2D eigenvalue weighted by Gasteiger charge is 2.21. The summed E-state index contributed by atoms with van der Waals surface area (Å²) in [5.74, 6) is -0.610. The fourth-order valence-corrected chi connectivity index (χ4v) is 3.40. The maximum Gasteiger partial charge on any atom is 0.333 e. The van der Waals surface area contributed by atoms with Crippen LogP contribution in [0.25, 0.3) is 16.7 Å². The summed E-state index contributed by atoms with van der Waals surface area (Å²) in [4.78, 5) is 51.7. The van der Waals surface area contributed by atoms with Gasteiger partial charge in [-0.1, -0.05) is 24.3 Å². The molecule has 2 aromatic heterocycles. The zero-order valence-corrected chi connectivity index (χ0v) is 16.6. The minimum atomic E-state index is -0.685. The van der Waals surface area contributed by atoms with E-state index in [-0.39, 0.29) is 28.0 Å². The van der Waals surface area contributed by atoms with Crippen molar-refractivity contribution < 1.29 is 9.72 Å². The molecule has 2 N–H and O–H groups in total. The van der Waals surface area contributed by atoms with Crippen molar-refractivity contribution in [1.29, 1.82) is 0 Å². The maximum atomic E-state index is 13.1. The zero-order valence-electron chi connectivity index (χ0n) is 16.6. The Morgan fingerprint density at radius 3 is 2.52 bits per heavy atom. The van der Waals surface area contributed by atoms with Crippen LogP contribution < -0.4 is 16.6 Å². The van der Waals surface area contributed by atoms with E-state index in [4.69, 9.17) is 0 Å². The van der Waals surface area contributed by atoms with Gasteiger partial charge in [-0.05, 0) is 24.6 Å². The molecule has 2 heterocycles. The Morgan fingerprint density at radius 2 is 1.84 bits per heavy atom. The van der Waals surface area contributed by atoms with Crippen molar-refractivity contribution in [3.63, 3.8) is 0 Å². The molecule has 0 aliphatic rings. The van der Waals surface area contributed by atoms with Crippen LogP contribution in [0.15, 0.2) is 64.3 Å². The molecule has 0 saturated heterocycles. The summed E-state index contributed by atoms with van der Waals surface area (Å²) in [6.45, 7) is 1.70. The molecular formula is C21H17N5O5. The Hall–Kier alpha value is -4.47. The number of nitro groups is 1. The summed E-state index contributed by atoms with van der Waals surface area (Å²) in [7, 11) is 1.59. The molecule has 0 fully saturated rings. The Bertz CT molecular complexity index is 1460. The third-order valence-corrected chi connectivity index (χ3v) is 4.96. The highest BCUT2D eigenvalue weighted by Crippen LogP contribution is 2.23. The summed E-state index contributed by atoms with van der Waals surface area (Å²) in [5.41, 5.74) is 0.157. The second-order valence-electron chi connectivity index (χ2n) is 6.99. The lowest BCUT2D eigenvalue weighted by molar-refractivity contribution is -0.384. The number of rotatable bonds is 4. The summed E-state index contributed by atoms with van der Waals surface area (Å²) in [6, 6.07) is 12.6. The third kappa shape index (κ3) is 3.39. The highest BCUT2D eigenvalue weighted by atomic mass is 16.6. The van der Waals surface area contributed by atoms with Crippen LogP contribution in [-0.2, 0) is 7.05 Å². The number of aryl methyl sites for hydroxylation is 2. The van der Waals surface area contributed by atoms with Crippen LogP contribution in [0.2, 0.25) is 0 Å². The first kappa shape index (κ1) is 19.8. The molecule has 0 saturated carbocycles. The number of H-pyrrole nitrogens is 1. The molecule has 4 rings (SSSR count). The van der Waals surface area contributed by atoms with E-state index in [1.165, 1.54) is 29.0 Å². The number of nitrogens with zero attached hydrogens (tertiary/aromatic N) is 3. The first-order chi connectivity index (χ1) is 14.8. The topological polar surface area (TPSA) is 132 Å². The van der Waals surface area contributed by atoms with Crippen LogP contribution >= 0.6 is 0 Å². The van der Waals surface area contributed by atoms with Crippen molar-refractivity contribution in [2.75, 3.05) is 5.32 Å². The number of nitrogens with one attached hydrogen (secondary N) is 2. The van der Waals surface area contributed by atoms with Gasteiger partial charge in [0.2, 0.25) is 0 Å². The van der Waals surface area contributed by atoms with Crippen molar-refractivity contribution in [1.82, 2.24) is 14.1 Å². The van der Waals surface area contributed by atoms with Crippen molar-refractivity contribution >= 4 is 28.3 Å². The van der Waals surface area contributed by atoms with E-state index in [1.54, 1.807) is 44.3 Å². The normalized spacial score (nSPS) is 10.9. The predicted molar refractivity (Wildman–Crippen MR) is 115 cm³/mol. The van der Waals surface area contributed by atoms with Crippen LogP contribution in [0.1, 0.15) is 15.9 Å². The molecule has 31 heavy (non-hydrogen) atoms. The molecule has 0 radical (unpaired) electrons. The molecule has 0 atom stereocenters. The van der Waals surface area contributed by atoms with Gasteiger partial charge in [0.1, 0.15) is 5.52 Å². The number of aromatic amines is 1. The smallest absolute Gasteiger partial charge is 0.333 e. The van der Waals surface area contributed by atoms with E-state index in [0.717, 1.165) is 4.57 Å². The fraction of sp³-hybridized carbons (Fsp3) is 0.0952. The second kappa shape index (κ2) is 7.41. The van der Waals surface area contributed by atoms with Crippen LogP contribution in [0, 0.1) is 17.0 Å². The van der Waals surface area contributed by atoms with Crippen LogP contribution in [0.3, 0.4) is 0 Å². The fourth-order valence-electron chi connectivity index (χ4n) is 3.40. The van der Waals surface area contributed by atoms with Gasteiger partial charge in [0.15, 0.2) is 0 Å². The second-order valence-corrected chi connectivity index (χ2v) is 6.99. The number of non-ortho nitro benzene ring substituents is 1. The summed E-state index contributed by atoms with van der Waals surface area (Å²) < 4.78 is 2.46. The number of hydrogen-bond donors (Lipinski definition) is 2. The number of anilines is 1. The maximum absolute atomic E-state index is 13.1. The van der Waals surface area contributed by atoms with Crippen LogP contribution in [-0.4, -0.2) is 24.9 Å². The van der Waals surface area contributed by atoms with E-state index in [2.05, 4.69) is 10.3 Å². The van der Waals surface area contributed by atoms with Gasteiger partial charge < -0.3 is 14.9 Å². The number of nitro benzene ring substituents is 1. The lowest BCUT2D eigenvalue weighted by Gasteiger charge is -2.08. The molecule has 0 aliphatic carbocycles. The predicted octanol–water partition coefficient (Wildman–Crippen LogP) is 2.49. The standard InChI is InChI=1S/C21H17N5O5/c1-12-8-9-14(26(30)31)10-16(12)22-19(27)15-11-24(2)18-17(15)23-21(29)25(20(18)28)13-6-4-3-5-7-13/h3-11H,1-2H3,(H,22,27)(H,23,29). The largest absolute Gasteiger partial charge is 0.344 e. The number of aromatic nitrogens is 3. The van der Waals surface area contributed by atoms with Gasteiger partial charge in [0.05, 0.1) is 27.4 Å². The molecule has 0 unspecified atom stereocenters. The summed E-state index contributed by atoms with van der Waals surface area (Å²) in [6.07, 6.45) is 1.43. The molecule has 10 nitrogen and oxygen atoms in total. The van der Waals surface area contributed by atoms with E-state index < -0.39 is 22.1 Å². The first-order valence-electron chi connectivity index (χ1n) is 9.24. The average Bonchev–Trinajstić information content (AvgIpc) is 3.06. The van der Waals surface area contributed by atoms with Crippen LogP contribution in [0.4, 0.5) is 11.4 Å². The first-order valence-corrected chi connectivity index (χ1v) is 9.24. The lowest BCUT2D eigenvalue weighted by atomic mass is 10.1. The quantitative estimate of drug-likeness (QED) is 0.387. The minimum absolute atomic E-state index is 0.0674. The summed E-state index contributed by atoms with van der Waals surface area (Å²) >= 11 is 0. The highest BCUT2D eigenvalue weighted by molar-refractivity contribution is 6.12. The molecule has 0 aliphatic heterocycles. The molecule has 156 valence electrons. The number of fused-ring (bicyclic) bond motifs is 1. The van der Waals surface area contributed by atoms with Gasteiger partial charge in [-0.25, -0.2) is 9.36 Å². The van der Waals surface area contributed by atoms with Crippen molar-refractivity contribution in [2.24, 2.45) is 7.05 Å². The zero-order chi connectivity index (χ0) is 22.3. The van der Waals surface area contributed by atoms with E-state index in [1.807, 2.05) is 0 Å². The van der Waals surface area contributed by atoms with E-state index >= 15 is 0 Å². The van der Waals surface area contributed by atoms with E-state index in [0.29, 0.717) is 11.3 Å². The summed E-state index contributed by atoms with van der Waals surface area (Å²) in [5, 5.41) is 13.7. The number of benzene rings is 2. The van der Waals surface area contributed by atoms with Gasteiger partial charge in [-0.15, -0.1) is 0 Å². The molecule has 1 amide bonds. The Balaban J connectivity index is 1.82. The molecule has 10 heteroatoms. The number of hydrogen-bond acceptors (Lipinski definition) is 5. The van der Waals surface area contributed by atoms with E-state index in [9.17, 15) is 24.5 Å². The molecule has 0 bridgehead atoms. The number of carbonyl (C=O) groups is 1. The van der Waals surface area contributed by atoms with Crippen molar-refractivity contribution in [3.8, 4) is 5.69 Å². The molecule has 0 spiro atoms. The third-order valence-electron chi connectivity index (χ3n) is 4.96. The Morgan fingerprint density at radius 1 is 1.13 bits per heavy atom. The van der Waals surface area contributed by atoms with Gasteiger partial charge in [0, 0.05) is 25.4 Å². The number of carbonyl (C=O) groups excluding carboxylic acids is 1. The monoisotopic (exact) mass is 419 g/mol. The van der Waals surface area contributed by atoms with Crippen LogP contribution in [0.5, 0.6) is 0 Å². The number of amides is 1. The average molecular weight is 419 g/mol. The molecule has 2 aromatic carbocycles. The minimum Gasteiger partial charge on any atom is -0.344 e. The lowest BCUT2D eigenvalue weighted by Crippen LogP contribution is -2.34. The molecular weight excluding hydrogens is 402 g/mol. The SMILES string of the molecule is Cc1ccc([N+](=O)[O-])cc1NC(=O)c1cn(C)c2c(=O)n(-c3ccccc3)c(=O)[nH]c12. The Labute approximate surface area is 174 Å². The molecule has 4 aromatic rings.